The Hall–Kier alpha value is -1.15. The number of hydrogen-bond acceptors (Lipinski definition) is 2. The topological polar surface area (TPSA) is 16.1 Å². The van der Waals surface area contributed by atoms with Crippen molar-refractivity contribution in [3.63, 3.8) is 0 Å². The van der Waals surface area contributed by atoms with Crippen LogP contribution in [0, 0.1) is 0 Å². The van der Waals surface area contributed by atoms with Crippen LogP contribution in [0.2, 0.25) is 0 Å². The molecule has 0 spiro atoms. The second kappa shape index (κ2) is 5.26. The van der Waals surface area contributed by atoms with Gasteiger partial charge >= 0.3 is 0 Å². The number of nitrogens with zero attached hydrogens (tertiary/aromatic N) is 2. The molecule has 16 heavy (non-hydrogen) atoms. The summed E-state index contributed by atoms with van der Waals surface area (Å²) < 4.78 is 0. The highest BCUT2D eigenvalue weighted by atomic mass is 15.1. The van der Waals surface area contributed by atoms with Gasteiger partial charge in [-0.1, -0.05) is 17.2 Å². The number of hydrogen-bond donors (Lipinski definition) is 0. The molecule has 2 heteroatoms. The van der Waals surface area contributed by atoms with Crippen LogP contribution in [0.3, 0.4) is 0 Å². The summed E-state index contributed by atoms with van der Waals surface area (Å²) in [6.07, 6.45) is 4.34. The molecule has 0 bridgehead atoms. The van der Waals surface area contributed by atoms with E-state index >= 15 is 0 Å². The van der Waals surface area contributed by atoms with Gasteiger partial charge in [0, 0.05) is 25.8 Å². The van der Waals surface area contributed by atoms with Gasteiger partial charge in [0.2, 0.25) is 0 Å². The first kappa shape index (κ1) is 11.3. The van der Waals surface area contributed by atoms with Gasteiger partial charge in [0.25, 0.3) is 0 Å². The van der Waals surface area contributed by atoms with E-state index in [1.54, 1.807) is 5.57 Å². The second-order valence-corrected chi connectivity index (χ2v) is 4.70. The Bertz CT molecular complexity index is 354. The van der Waals surface area contributed by atoms with E-state index in [1.165, 1.54) is 37.2 Å². The smallest absolute Gasteiger partial charge is 0.0543 e. The molecular formula is C14H20N2. The van der Waals surface area contributed by atoms with Crippen LogP contribution in [0.1, 0.15) is 32.4 Å². The van der Waals surface area contributed by atoms with Crippen LogP contribution in [-0.4, -0.2) is 23.0 Å². The van der Waals surface area contributed by atoms with E-state index in [9.17, 15) is 0 Å². The van der Waals surface area contributed by atoms with Crippen molar-refractivity contribution in [1.29, 1.82) is 0 Å². The predicted octanol–water partition coefficient (Wildman–Crippen LogP) is 3.01. The first-order valence-electron chi connectivity index (χ1n) is 6.03. The van der Waals surface area contributed by atoms with Gasteiger partial charge in [-0.2, -0.15) is 0 Å². The fourth-order valence-electron chi connectivity index (χ4n) is 2.20. The van der Waals surface area contributed by atoms with Gasteiger partial charge in [-0.25, -0.2) is 0 Å². The zero-order chi connectivity index (χ0) is 11.4. The van der Waals surface area contributed by atoms with Gasteiger partial charge in [0.1, 0.15) is 0 Å². The summed E-state index contributed by atoms with van der Waals surface area (Å²) in [5, 5.41) is 0. The number of pyridine rings is 1. The number of aromatic nitrogens is 1. The molecule has 1 aromatic heterocycles. The molecule has 0 radical (unpaired) electrons. The van der Waals surface area contributed by atoms with E-state index in [1.807, 2.05) is 12.3 Å². The summed E-state index contributed by atoms with van der Waals surface area (Å²) >= 11 is 0. The molecule has 0 N–H and O–H groups in total. The van der Waals surface area contributed by atoms with Crippen LogP contribution in [0.5, 0.6) is 0 Å². The maximum atomic E-state index is 4.37. The average molecular weight is 216 g/mol. The molecule has 1 fully saturated rings. The van der Waals surface area contributed by atoms with Crippen molar-refractivity contribution >= 4 is 0 Å². The average Bonchev–Trinajstić information content (AvgIpc) is 2.31. The molecule has 1 aliphatic heterocycles. The van der Waals surface area contributed by atoms with E-state index < -0.39 is 0 Å². The Kier molecular flexibility index (Phi) is 3.73. The second-order valence-electron chi connectivity index (χ2n) is 4.70. The van der Waals surface area contributed by atoms with E-state index in [0.717, 1.165) is 6.54 Å². The maximum absolute atomic E-state index is 4.37. The SMILES string of the molecule is CC(C)=C1CCN(Cc2ccccn2)CC1. The van der Waals surface area contributed by atoms with Crippen LogP contribution in [0.4, 0.5) is 0 Å². The van der Waals surface area contributed by atoms with Crippen LogP contribution >= 0.6 is 0 Å². The first-order valence-corrected chi connectivity index (χ1v) is 6.03. The highest BCUT2D eigenvalue weighted by molar-refractivity contribution is 5.13. The number of allylic oxidation sites excluding steroid dienone is 1. The summed E-state index contributed by atoms with van der Waals surface area (Å²) in [7, 11) is 0. The third kappa shape index (κ3) is 2.92. The zero-order valence-corrected chi connectivity index (χ0v) is 10.2. The minimum Gasteiger partial charge on any atom is -0.297 e. The molecule has 1 aromatic rings. The molecule has 0 unspecified atom stereocenters. The molecule has 1 saturated heterocycles. The highest BCUT2D eigenvalue weighted by Crippen LogP contribution is 2.20. The molecule has 2 nitrogen and oxygen atoms in total. The number of rotatable bonds is 2. The molecule has 0 saturated carbocycles. The van der Waals surface area contributed by atoms with Crippen molar-refractivity contribution < 1.29 is 0 Å². The Morgan fingerprint density at radius 2 is 2.00 bits per heavy atom. The van der Waals surface area contributed by atoms with Crippen molar-refractivity contribution in [2.45, 2.75) is 33.2 Å². The molecule has 2 heterocycles. The molecular weight excluding hydrogens is 196 g/mol. The van der Waals surface area contributed by atoms with Crippen LogP contribution < -0.4 is 0 Å². The van der Waals surface area contributed by atoms with Crippen molar-refractivity contribution in [3.8, 4) is 0 Å². The third-order valence-corrected chi connectivity index (χ3v) is 3.28. The Morgan fingerprint density at radius 3 is 2.56 bits per heavy atom. The standard InChI is InChI=1S/C14H20N2/c1-12(2)13-6-9-16(10-7-13)11-14-5-3-4-8-15-14/h3-5,8H,6-7,9-11H2,1-2H3. The van der Waals surface area contributed by atoms with E-state index in [2.05, 4.69) is 35.9 Å². The largest absolute Gasteiger partial charge is 0.297 e. The monoisotopic (exact) mass is 216 g/mol. The van der Waals surface area contributed by atoms with Crippen LogP contribution in [-0.2, 0) is 6.54 Å². The zero-order valence-electron chi connectivity index (χ0n) is 10.2. The lowest BCUT2D eigenvalue weighted by Gasteiger charge is -2.28. The Balaban J connectivity index is 1.89. The minimum absolute atomic E-state index is 0.997. The molecule has 0 atom stereocenters. The maximum Gasteiger partial charge on any atom is 0.0543 e. The highest BCUT2D eigenvalue weighted by Gasteiger charge is 2.14. The van der Waals surface area contributed by atoms with Crippen molar-refractivity contribution in [2.75, 3.05) is 13.1 Å². The number of piperidine rings is 1. The summed E-state index contributed by atoms with van der Waals surface area (Å²) in [5.74, 6) is 0. The van der Waals surface area contributed by atoms with E-state index in [0.29, 0.717) is 0 Å². The fourth-order valence-corrected chi connectivity index (χ4v) is 2.20. The van der Waals surface area contributed by atoms with Gasteiger partial charge in [-0.05, 0) is 38.8 Å². The molecule has 1 aliphatic rings. The molecule has 0 aliphatic carbocycles. The molecule has 2 rings (SSSR count). The van der Waals surface area contributed by atoms with Crippen LogP contribution in [0.25, 0.3) is 0 Å². The quantitative estimate of drug-likeness (QED) is 0.706. The van der Waals surface area contributed by atoms with Gasteiger partial charge < -0.3 is 0 Å². The van der Waals surface area contributed by atoms with Gasteiger partial charge in [0.15, 0.2) is 0 Å². The third-order valence-electron chi connectivity index (χ3n) is 3.28. The lowest BCUT2D eigenvalue weighted by molar-refractivity contribution is 0.244. The number of likely N-dealkylation sites (tertiary alicyclic amines) is 1. The van der Waals surface area contributed by atoms with Gasteiger partial charge in [-0.3, -0.25) is 9.88 Å². The van der Waals surface area contributed by atoms with E-state index in [-0.39, 0.29) is 0 Å². The van der Waals surface area contributed by atoms with E-state index in [4.69, 9.17) is 0 Å². The summed E-state index contributed by atoms with van der Waals surface area (Å²) in [4.78, 5) is 6.87. The van der Waals surface area contributed by atoms with Crippen molar-refractivity contribution in [2.24, 2.45) is 0 Å². The summed E-state index contributed by atoms with van der Waals surface area (Å²) in [5.41, 5.74) is 4.35. The predicted molar refractivity (Wildman–Crippen MR) is 67.1 cm³/mol. The lowest BCUT2D eigenvalue weighted by atomic mass is 9.99. The lowest BCUT2D eigenvalue weighted by Crippen LogP contribution is -2.30. The minimum atomic E-state index is 0.997. The fraction of sp³-hybridized carbons (Fsp3) is 0.500. The summed E-state index contributed by atoms with van der Waals surface area (Å²) in [6.45, 7) is 7.80. The first-order chi connectivity index (χ1) is 7.75. The molecule has 0 aromatic carbocycles. The molecule has 0 amide bonds. The van der Waals surface area contributed by atoms with Crippen molar-refractivity contribution in [1.82, 2.24) is 9.88 Å². The Morgan fingerprint density at radius 1 is 1.25 bits per heavy atom. The summed E-state index contributed by atoms with van der Waals surface area (Å²) in [6, 6.07) is 6.14. The van der Waals surface area contributed by atoms with Crippen molar-refractivity contribution in [3.05, 3.63) is 41.2 Å². The van der Waals surface area contributed by atoms with Gasteiger partial charge in [0.05, 0.1) is 5.69 Å². The molecule has 86 valence electrons. The van der Waals surface area contributed by atoms with Gasteiger partial charge in [-0.15, -0.1) is 0 Å². The Labute approximate surface area is 98.0 Å². The normalized spacial score (nSPS) is 17.5. The van der Waals surface area contributed by atoms with Crippen LogP contribution in [0.15, 0.2) is 35.5 Å².